The Morgan fingerprint density at radius 1 is 1.06 bits per heavy atom. The van der Waals surface area contributed by atoms with Crippen molar-refractivity contribution in [2.75, 3.05) is 0 Å². The third-order valence-electron chi connectivity index (χ3n) is 5.32. The van der Waals surface area contributed by atoms with Gasteiger partial charge >= 0.3 is 12.1 Å². The van der Waals surface area contributed by atoms with Crippen molar-refractivity contribution in [3.8, 4) is 16.9 Å². The molecule has 0 unspecified atom stereocenters. The van der Waals surface area contributed by atoms with Gasteiger partial charge in [0, 0.05) is 17.7 Å². The van der Waals surface area contributed by atoms with Crippen LogP contribution in [0.4, 0.5) is 13.2 Å². The summed E-state index contributed by atoms with van der Waals surface area (Å²) in [7, 11) is 0. The van der Waals surface area contributed by atoms with E-state index in [0.29, 0.717) is 16.7 Å². The standard InChI is InChI=1S/C27H20F3NO3/c1-17-15-31-26-22(6-3-7-23(26)27(28,29)30)25(17)20-4-2-5-21(14-20)34-16-19-10-8-18(9-11-19)12-13-24(32)33/h2-15H,16H2,1H3,(H,32,33). The van der Waals surface area contributed by atoms with Crippen LogP contribution in [-0.2, 0) is 17.6 Å². The molecular weight excluding hydrogens is 443 g/mol. The van der Waals surface area contributed by atoms with Crippen LogP contribution >= 0.6 is 0 Å². The van der Waals surface area contributed by atoms with Gasteiger partial charge in [0.05, 0.1) is 11.1 Å². The topological polar surface area (TPSA) is 59.4 Å². The van der Waals surface area contributed by atoms with Gasteiger partial charge in [-0.15, -0.1) is 0 Å². The van der Waals surface area contributed by atoms with Gasteiger partial charge in [-0.1, -0.05) is 48.5 Å². The fraction of sp³-hybridized carbons (Fsp3) is 0.111. The minimum absolute atomic E-state index is 0.0843. The van der Waals surface area contributed by atoms with Gasteiger partial charge < -0.3 is 9.84 Å². The van der Waals surface area contributed by atoms with E-state index >= 15 is 0 Å². The van der Waals surface area contributed by atoms with Crippen LogP contribution in [0.3, 0.4) is 0 Å². The number of aromatic nitrogens is 1. The molecule has 1 heterocycles. The molecule has 0 aliphatic rings. The maximum absolute atomic E-state index is 13.5. The molecule has 0 radical (unpaired) electrons. The molecule has 172 valence electrons. The minimum Gasteiger partial charge on any atom is -0.489 e. The summed E-state index contributed by atoms with van der Waals surface area (Å²) >= 11 is 0. The van der Waals surface area contributed by atoms with E-state index in [2.05, 4.69) is 4.98 Å². The second kappa shape index (κ2) is 9.39. The van der Waals surface area contributed by atoms with Gasteiger partial charge in [0.15, 0.2) is 0 Å². The lowest BCUT2D eigenvalue weighted by atomic mass is 9.95. The van der Waals surface area contributed by atoms with Crippen LogP contribution in [0.2, 0.25) is 0 Å². The molecule has 0 saturated carbocycles. The highest BCUT2D eigenvalue weighted by Crippen LogP contribution is 2.38. The number of para-hydroxylation sites is 1. The Kier molecular flexibility index (Phi) is 6.36. The van der Waals surface area contributed by atoms with Crippen molar-refractivity contribution >= 4 is 22.9 Å². The van der Waals surface area contributed by atoms with E-state index in [9.17, 15) is 18.0 Å². The number of alkyl halides is 3. The number of carboxylic acids is 1. The highest BCUT2D eigenvalue weighted by molar-refractivity contribution is 5.97. The smallest absolute Gasteiger partial charge is 0.418 e. The number of aryl methyl sites for hydroxylation is 1. The number of nitrogens with zero attached hydrogens (tertiary/aromatic N) is 1. The number of pyridine rings is 1. The number of fused-ring (bicyclic) bond motifs is 1. The van der Waals surface area contributed by atoms with Gasteiger partial charge in [-0.25, -0.2) is 4.79 Å². The number of carbonyl (C=O) groups is 1. The Labute approximate surface area is 194 Å². The number of hydrogen-bond acceptors (Lipinski definition) is 3. The number of benzene rings is 3. The number of rotatable bonds is 6. The number of aliphatic carboxylic acids is 1. The zero-order valence-electron chi connectivity index (χ0n) is 18.1. The Balaban J connectivity index is 1.61. The molecule has 0 aliphatic heterocycles. The largest absolute Gasteiger partial charge is 0.489 e. The fourth-order valence-electron chi connectivity index (χ4n) is 3.74. The van der Waals surface area contributed by atoms with Gasteiger partial charge in [-0.3, -0.25) is 4.98 Å². The van der Waals surface area contributed by atoms with Crippen molar-refractivity contribution in [1.29, 1.82) is 0 Å². The lowest BCUT2D eigenvalue weighted by molar-refractivity contribution is -0.136. The second-order valence-electron chi connectivity index (χ2n) is 7.75. The van der Waals surface area contributed by atoms with Crippen LogP contribution in [0.15, 0.2) is 79.0 Å². The third-order valence-corrected chi connectivity index (χ3v) is 5.32. The van der Waals surface area contributed by atoms with Crippen molar-refractivity contribution in [2.24, 2.45) is 0 Å². The van der Waals surface area contributed by atoms with Crippen LogP contribution in [-0.4, -0.2) is 16.1 Å². The average Bonchev–Trinajstić information content (AvgIpc) is 2.81. The Morgan fingerprint density at radius 3 is 2.50 bits per heavy atom. The van der Waals surface area contributed by atoms with Crippen molar-refractivity contribution < 1.29 is 27.8 Å². The summed E-state index contributed by atoms with van der Waals surface area (Å²) in [6, 6.07) is 18.5. The van der Waals surface area contributed by atoms with Gasteiger partial charge in [0.2, 0.25) is 0 Å². The quantitative estimate of drug-likeness (QED) is 0.316. The molecule has 4 nitrogen and oxygen atoms in total. The second-order valence-corrected chi connectivity index (χ2v) is 7.75. The van der Waals surface area contributed by atoms with E-state index in [4.69, 9.17) is 9.84 Å². The van der Waals surface area contributed by atoms with Crippen molar-refractivity contribution in [1.82, 2.24) is 4.98 Å². The maximum atomic E-state index is 13.5. The molecule has 1 N–H and O–H groups in total. The van der Waals surface area contributed by atoms with Gasteiger partial charge in [-0.05, 0) is 59.0 Å². The lowest BCUT2D eigenvalue weighted by Gasteiger charge is -2.15. The summed E-state index contributed by atoms with van der Waals surface area (Å²) in [6.45, 7) is 2.09. The maximum Gasteiger partial charge on any atom is 0.418 e. The number of hydrogen-bond donors (Lipinski definition) is 1. The number of carboxylic acid groups (broad SMARTS) is 1. The van der Waals surface area contributed by atoms with E-state index in [1.807, 2.05) is 25.1 Å². The summed E-state index contributed by atoms with van der Waals surface area (Å²) in [6.07, 6.45) is -0.467. The third kappa shape index (κ3) is 5.09. The molecule has 0 bridgehead atoms. The predicted octanol–water partition coefficient (Wildman–Crippen LogP) is 6.91. The summed E-state index contributed by atoms with van der Waals surface area (Å²) in [4.78, 5) is 14.7. The van der Waals surface area contributed by atoms with Crippen molar-refractivity contribution in [3.05, 3.63) is 101 Å². The molecule has 0 aliphatic carbocycles. The average molecular weight is 463 g/mol. The molecule has 7 heteroatoms. The highest BCUT2D eigenvalue weighted by Gasteiger charge is 2.33. The Bertz CT molecular complexity index is 1380. The van der Waals surface area contributed by atoms with E-state index in [0.717, 1.165) is 34.4 Å². The molecule has 0 fully saturated rings. The molecule has 0 spiro atoms. The molecule has 0 amide bonds. The van der Waals surface area contributed by atoms with Crippen LogP contribution in [0, 0.1) is 6.92 Å². The van der Waals surface area contributed by atoms with E-state index in [1.54, 1.807) is 36.4 Å². The molecule has 3 aromatic carbocycles. The van der Waals surface area contributed by atoms with Crippen LogP contribution in [0.5, 0.6) is 5.75 Å². The van der Waals surface area contributed by atoms with Crippen molar-refractivity contribution in [3.63, 3.8) is 0 Å². The molecule has 4 aromatic rings. The summed E-state index contributed by atoms with van der Waals surface area (Å²) in [5, 5.41) is 9.14. The fourth-order valence-corrected chi connectivity index (χ4v) is 3.74. The summed E-state index contributed by atoms with van der Waals surface area (Å²) in [5.41, 5.74) is 2.96. The molecule has 34 heavy (non-hydrogen) atoms. The highest BCUT2D eigenvalue weighted by atomic mass is 19.4. The van der Waals surface area contributed by atoms with Gasteiger partial charge in [0.25, 0.3) is 0 Å². The van der Waals surface area contributed by atoms with Crippen LogP contribution < -0.4 is 4.74 Å². The van der Waals surface area contributed by atoms with Gasteiger partial charge in [-0.2, -0.15) is 13.2 Å². The van der Waals surface area contributed by atoms with Crippen LogP contribution in [0.1, 0.15) is 22.3 Å². The minimum atomic E-state index is -4.50. The first-order chi connectivity index (χ1) is 16.2. The van der Waals surface area contributed by atoms with E-state index in [-0.39, 0.29) is 12.1 Å². The van der Waals surface area contributed by atoms with Crippen LogP contribution in [0.25, 0.3) is 28.1 Å². The molecule has 4 rings (SSSR count). The predicted molar refractivity (Wildman–Crippen MR) is 124 cm³/mol. The number of ether oxygens (including phenoxy) is 1. The van der Waals surface area contributed by atoms with Crippen molar-refractivity contribution in [2.45, 2.75) is 19.7 Å². The normalized spacial score (nSPS) is 11.8. The Hall–Kier alpha value is -4.13. The monoisotopic (exact) mass is 463 g/mol. The molecule has 1 aromatic heterocycles. The zero-order chi connectivity index (χ0) is 24.3. The lowest BCUT2D eigenvalue weighted by Crippen LogP contribution is -2.07. The SMILES string of the molecule is Cc1cnc2c(C(F)(F)F)cccc2c1-c1cccc(OCc2ccc(C=CC(=O)O)cc2)c1. The molecule has 0 atom stereocenters. The molecule has 0 saturated heterocycles. The van der Waals surface area contributed by atoms with E-state index < -0.39 is 17.7 Å². The number of halogens is 3. The Morgan fingerprint density at radius 2 is 1.79 bits per heavy atom. The van der Waals surface area contributed by atoms with E-state index in [1.165, 1.54) is 18.3 Å². The first kappa shape index (κ1) is 23.0. The summed E-state index contributed by atoms with van der Waals surface area (Å²) in [5.74, 6) is -0.442. The zero-order valence-corrected chi connectivity index (χ0v) is 18.1. The first-order valence-electron chi connectivity index (χ1n) is 10.4. The molecular formula is C27H20F3NO3. The first-order valence-corrected chi connectivity index (χ1v) is 10.4. The van der Waals surface area contributed by atoms with Gasteiger partial charge in [0.1, 0.15) is 12.4 Å². The summed E-state index contributed by atoms with van der Waals surface area (Å²) < 4.78 is 46.4.